The summed E-state index contributed by atoms with van der Waals surface area (Å²) in [5.74, 6) is -0.825. The Morgan fingerprint density at radius 2 is 1.63 bits per heavy atom. The van der Waals surface area contributed by atoms with E-state index >= 15 is 0 Å². The SMILES string of the molecule is CCc1ccc(N2CC(C(=O)Nc3ccc(S(=O)(=O)N(C)Cc4ccccc4)cc3)CC2=O)cc1. The summed E-state index contributed by atoms with van der Waals surface area (Å²) in [6, 6.07) is 23.3. The van der Waals surface area contributed by atoms with Crippen molar-refractivity contribution in [3.8, 4) is 0 Å². The van der Waals surface area contributed by atoms with Crippen LogP contribution < -0.4 is 10.2 Å². The number of amides is 2. The summed E-state index contributed by atoms with van der Waals surface area (Å²) in [5.41, 5.74) is 3.35. The van der Waals surface area contributed by atoms with Crippen LogP contribution in [-0.2, 0) is 32.6 Å². The zero-order valence-corrected chi connectivity index (χ0v) is 20.7. The predicted molar refractivity (Wildman–Crippen MR) is 136 cm³/mol. The van der Waals surface area contributed by atoms with Crippen LogP contribution in [0.5, 0.6) is 0 Å². The van der Waals surface area contributed by atoms with Gasteiger partial charge in [0.25, 0.3) is 0 Å². The zero-order valence-electron chi connectivity index (χ0n) is 19.8. The van der Waals surface area contributed by atoms with Crippen molar-refractivity contribution in [1.29, 1.82) is 0 Å². The number of carbonyl (C=O) groups is 2. The highest BCUT2D eigenvalue weighted by atomic mass is 32.2. The minimum atomic E-state index is -3.68. The molecule has 1 N–H and O–H groups in total. The van der Waals surface area contributed by atoms with E-state index in [0.717, 1.165) is 17.7 Å². The molecule has 0 aliphatic carbocycles. The minimum Gasteiger partial charge on any atom is -0.326 e. The van der Waals surface area contributed by atoms with E-state index in [4.69, 9.17) is 0 Å². The van der Waals surface area contributed by atoms with Gasteiger partial charge in [0, 0.05) is 37.9 Å². The first kappa shape index (κ1) is 24.6. The van der Waals surface area contributed by atoms with Crippen LogP contribution in [0.2, 0.25) is 0 Å². The van der Waals surface area contributed by atoms with E-state index < -0.39 is 15.9 Å². The van der Waals surface area contributed by atoms with Crippen molar-refractivity contribution in [2.75, 3.05) is 23.8 Å². The Morgan fingerprint density at radius 3 is 2.26 bits per heavy atom. The predicted octanol–water partition coefficient (Wildman–Crippen LogP) is 4.06. The number of rotatable bonds is 8. The van der Waals surface area contributed by atoms with Gasteiger partial charge in [0.2, 0.25) is 21.8 Å². The van der Waals surface area contributed by atoms with Gasteiger partial charge in [-0.15, -0.1) is 0 Å². The van der Waals surface area contributed by atoms with Crippen LogP contribution in [0.25, 0.3) is 0 Å². The van der Waals surface area contributed by atoms with Crippen LogP contribution in [0, 0.1) is 5.92 Å². The van der Waals surface area contributed by atoms with E-state index in [9.17, 15) is 18.0 Å². The first-order valence-electron chi connectivity index (χ1n) is 11.6. The molecule has 1 heterocycles. The minimum absolute atomic E-state index is 0.0858. The Labute approximate surface area is 206 Å². The van der Waals surface area contributed by atoms with Crippen LogP contribution >= 0.6 is 0 Å². The lowest BCUT2D eigenvalue weighted by Crippen LogP contribution is -2.28. The van der Waals surface area contributed by atoms with E-state index in [1.165, 1.54) is 29.0 Å². The zero-order chi connectivity index (χ0) is 25.0. The largest absolute Gasteiger partial charge is 0.326 e. The van der Waals surface area contributed by atoms with E-state index in [1.807, 2.05) is 54.6 Å². The van der Waals surface area contributed by atoms with Crippen molar-refractivity contribution in [2.24, 2.45) is 5.92 Å². The number of nitrogens with zero attached hydrogens (tertiary/aromatic N) is 2. The molecule has 4 rings (SSSR count). The van der Waals surface area contributed by atoms with Crippen LogP contribution in [0.3, 0.4) is 0 Å². The van der Waals surface area contributed by atoms with Gasteiger partial charge in [-0.05, 0) is 53.9 Å². The van der Waals surface area contributed by atoms with Gasteiger partial charge in [-0.3, -0.25) is 9.59 Å². The molecule has 0 aromatic heterocycles. The second kappa shape index (κ2) is 10.4. The fourth-order valence-corrected chi connectivity index (χ4v) is 5.26. The molecule has 8 heteroatoms. The molecule has 1 atom stereocenters. The Hall–Kier alpha value is -3.49. The molecule has 1 aliphatic rings. The lowest BCUT2D eigenvalue weighted by Gasteiger charge is -2.18. The molecule has 1 unspecified atom stereocenters. The van der Waals surface area contributed by atoms with Crippen molar-refractivity contribution < 1.29 is 18.0 Å². The van der Waals surface area contributed by atoms with E-state index in [2.05, 4.69) is 12.2 Å². The number of sulfonamides is 1. The third kappa shape index (κ3) is 5.61. The second-order valence-electron chi connectivity index (χ2n) is 8.69. The maximum absolute atomic E-state index is 12.9. The Bertz CT molecular complexity index is 1290. The maximum Gasteiger partial charge on any atom is 0.243 e. The molecule has 182 valence electrons. The fraction of sp³-hybridized carbons (Fsp3) is 0.259. The van der Waals surface area contributed by atoms with Gasteiger partial charge in [-0.2, -0.15) is 4.31 Å². The molecule has 35 heavy (non-hydrogen) atoms. The summed E-state index contributed by atoms with van der Waals surface area (Å²) < 4.78 is 27.1. The molecule has 0 saturated carbocycles. The van der Waals surface area contributed by atoms with Crippen molar-refractivity contribution >= 4 is 33.2 Å². The first-order chi connectivity index (χ1) is 16.8. The van der Waals surface area contributed by atoms with Gasteiger partial charge in [0.1, 0.15) is 0 Å². The second-order valence-corrected chi connectivity index (χ2v) is 10.7. The molecule has 1 saturated heterocycles. The number of nitrogens with one attached hydrogen (secondary N) is 1. The highest BCUT2D eigenvalue weighted by Gasteiger charge is 2.35. The summed E-state index contributed by atoms with van der Waals surface area (Å²) in [6.45, 7) is 2.64. The van der Waals surface area contributed by atoms with Gasteiger partial charge in [0.05, 0.1) is 10.8 Å². The van der Waals surface area contributed by atoms with Crippen LogP contribution in [0.15, 0.2) is 83.8 Å². The van der Waals surface area contributed by atoms with Crippen LogP contribution in [0.4, 0.5) is 11.4 Å². The highest BCUT2D eigenvalue weighted by Crippen LogP contribution is 2.27. The molecular formula is C27H29N3O4S. The molecule has 0 radical (unpaired) electrons. The molecule has 1 fully saturated rings. The normalized spacial score (nSPS) is 16.0. The number of aryl methyl sites for hydroxylation is 1. The lowest BCUT2D eigenvalue weighted by atomic mass is 10.1. The van der Waals surface area contributed by atoms with Crippen molar-refractivity contribution in [3.05, 3.63) is 90.0 Å². The van der Waals surface area contributed by atoms with Gasteiger partial charge in [-0.25, -0.2) is 8.42 Å². The van der Waals surface area contributed by atoms with Crippen LogP contribution in [-0.4, -0.2) is 38.1 Å². The van der Waals surface area contributed by atoms with E-state index in [1.54, 1.807) is 17.0 Å². The first-order valence-corrected chi connectivity index (χ1v) is 13.0. The van der Waals surface area contributed by atoms with Gasteiger partial charge < -0.3 is 10.2 Å². The number of anilines is 2. The number of carbonyl (C=O) groups excluding carboxylic acids is 2. The highest BCUT2D eigenvalue weighted by molar-refractivity contribution is 7.89. The molecular weight excluding hydrogens is 462 g/mol. The topological polar surface area (TPSA) is 86.8 Å². The summed E-state index contributed by atoms with van der Waals surface area (Å²) in [4.78, 5) is 27.1. The van der Waals surface area contributed by atoms with Gasteiger partial charge in [0.15, 0.2) is 0 Å². The Kier molecular flexibility index (Phi) is 7.33. The molecule has 7 nitrogen and oxygen atoms in total. The van der Waals surface area contributed by atoms with Crippen molar-refractivity contribution in [3.63, 3.8) is 0 Å². The summed E-state index contributed by atoms with van der Waals surface area (Å²) in [6.07, 6.45) is 1.06. The average molecular weight is 492 g/mol. The quantitative estimate of drug-likeness (QED) is 0.515. The molecule has 3 aromatic carbocycles. The monoisotopic (exact) mass is 491 g/mol. The standard InChI is InChI=1S/C27H29N3O4S/c1-3-20-9-13-24(14-10-20)30-19-22(17-26(30)31)27(32)28-23-11-15-25(16-12-23)35(33,34)29(2)18-21-7-5-4-6-8-21/h4-16,22H,3,17-19H2,1-2H3,(H,28,32). The maximum atomic E-state index is 12.9. The Morgan fingerprint density at radius 1 is 0.971 bits per heavy atom. The van der Waals surface area contributed by atoms with Crippen molar-refractivity contribution in [2.45, 2.75) is 31.2 Å². The molecule has 0 bridgehead atoms. The Balaban J connectivity index is 1.38. The lowest BCUT2D eigenvalue weighted by molar-refractivity contribution is -0.122. The number of hydrogen-bond donors (Lipinski definition) is 1. The number of benzene rings is 3. The third-order valence-electron chi connectivity index (χ3n) is 6.23. The fourth-order valence-electron chi connectivity index (χ4n) is 4.10. The smallest absolute Gasteiger partial charge is 0.243 e. The molecule has 3 aromatic rings. The van der Waals surface area contributed by atoms with E-state index in [-0.39, 0.29) is 29.7 Å². The third-order valence-corrected chi connectivity index (χ3v) is 8.05. The molecule has 0 spiro atoms. The molecule has 1 aliphatic heterocycles. The van der Waals surface area contributed by atoms with Crippen LogP contribution in [0.1, 0.15) is 24.5 Å². The molecule has 2 amide bonds. The average Bonchev–Trinajstić information content (AvgIpc) is 3.26. The summed E-state index contributed by atoms with van der Waals surface area (Å²) in [7, 11) is -2.14. The van der Waals surface area contributed by atoms with Crippen molar-refractivity contribution in [1.82, 2.24) is 4.31 Å². The van der Waals surface area contributed by atoms with Gasteiger partial charge >= 0.3 is 0 Å². The summed E-state index contributed by atoms with van der Waals surface area (Å²) >= 11 is 0. The van der Waals surface area contributed by atoms with Gasteiger partial charge in [-0.1, -0.05) is 49.4 Å². The van der Waals surface area contributed by atoms with E-state index in [0.29, 0.717) is 12.2 Å². The number of hydrogen-bond acceptors (Lipinski definition) is 4. The summed E-state index contributed by atoms with van der Waals surface area (Å²) in [5, 5.41) is 2.82.